The molecule has 0 radical (unpaired) electrons. The first-order valence-corrected chi connectivity index (χ1v) is 6.70. The van der Waals surface area contributed by atoms with Gasteiger partial charge in [-0.1, -0.05) is 12.1 Å². The summed E-state index contributed by atoms with van der Waals surface area (Å²) in [5.74, 6) is -0.289. The predicted molar refractivity (Wildman–Crippen MR) is 77.4 cm³/mol. The SMILES string of the molecule is COC(=O)c1ccc(CNCCC(=O)NC(C)C)cc1. The molecule has 0 unspecified atom stereocenters. The predicted octanol–water partition coefficient (Wildman–Crippen LogP) is 1.48. The zero-order valence-electron chi connectivity index (χ0n) is 12.2. The zero-order valence-corrected chi connectivity index (χ0v) is 12.2. The Kier molecular flexibility index (Phi) is 6.73. The molecule has 0 fully saturated rings. The van der Waals surface area contributed by atoms with Crippen molar-refractivity contribution >= 4 is 11.9 Å². The molecule has 2 N–H and O–H groups in total. The Bertz CT molecular complexity index is 441. The van der Waals surface area contributed by atoms with Crippen molar-refractivity contribution in [1.29, 1.82) is 0 Å². The smallest absolute Gasteiger partial charge is 0.337 e. The summed E-state index contributed by atoms with van der Waals surface area (Å²) in [6.07, 6.45) is 0.457. The van der Waals surface area contributed by atoms with Gasteiger partial charge in [-0.15, -0.1) is 0 Å². The van der Waals surface area contributed by atoms with E-state index in [1.807, 2.05) is 26.0 Å². The summed E-state index contributed by atoms with van der Waals surface area (Å²) in [5.41, 5.74) is 1.59. The normalized spacial score (nSPS) is 10.4. The fourth-order valence-electron chi connectivity index (χ4n) is 1.71. The molecule has 1 amide bonds. The van der Waals surface area contributed by atoms with Crippen molar-refractivity contribution in [2.45, 2.75) is 32.9 Å². The minimum absolute atomic E-state index is 0.0496. The van der Waals surface area contributed by atoms with Crippen LogP contribution in [0.4, 0.5) is 0 Å². The number of carbonyl (C=O) groups excluding carboxylic acids is 2. The Morgan fingerprint density at radius 2 is 1.85 bits per heavy atom. The number of amides is 1. The minimum Gasteiger partial charge on any atom is -0.465 e. The molecule has 0 aromatic heterocycles. The van der Waals surface area contributed by atoms with Gasteiger partial charge in [-0.3, -0.25) is 4.79 Å². The fraction of sp³-hybridized carbons (Fsp3) is 0.467. The number of hydrogen-bond acceptors (Lipinski definition) is 4. The number of hydrogen-bond donors (Lipinski definition) is 2. The van der Waals surface area contributed by atoms with Crippen LogP contribution in [0.3, 0.4) is 0 Å². The first kappa shape index (κ1) is 16.2. The molecule has 0 heterocycles. The Morgan fingerprint density at radius 3 is 2.40 bits per heavy atom. The van der Waals surface area contributed by atoms with Crippen LogP contribution in [-0.4, -0.2) is 31.6 Å². The third-order valence-electron chi connectivity index (χ3n) is 2.68. The van der Waals surface area contributed by atoms with E-state index in [-0.39, 0.29) is 17.9 Å². The lowest BCUT2D eigenvalue weighted by molar-refractivity contribution is -0.121. The van der Waals surface area contributed by atoms with Crippen LogP contribution >= 0.6 is 0 Å². The van der Waals surface area contributed by atoms with Crippen molar-refractivity contribution in [2.75, 3.05) is 13.7 Å². The highest BCUT2D eigenvalue weighted by molar-refractivity contribution is 5.89. The maximum atomic E-state index is 11.4. The molecule has 0 saturated carbocycles. The number of ether oxygens (including phenoxy) is 1. The first-order valence-electron chi connectivity index (χ1n) is 6.70. The Hall–Kier alpha value is -1.88. The van der Waals surface area contributed by atoms with Gasteiger partial charge in [0, 0.05) is 25.6 Å². The Morgan fingerprint density at radius 1 is 1.20 bits per heavy atom. The van der Waals surface area contributed by atoms with Crippen LogP contribution in [0.25, 0.3) is 0 Å². The second-order valence-electron chi connectivity index (χ2n) is 4.84. The van der Waals surface area contributed by atoms with E-state index in [0.29, 0.717) is 25.1 Å². The molecular weight excluding hydrogens is 256 g/mol. The maximum absolute atomic E-state index is 11.4. The van der Waals surface area contributed by atoms with Gasteiger partial charge < -0.3 is 15.4 Å². The topological polar surface area (TPSA) is 67.4 Å². The van der Waals surface area contributed by atoms with Crippen molar-refractivity contribution in [1.82, 2.24) is 10.6 Å². The van der Waals surface area contributed by atoms with Crippen LogP contribution in [-0.2, 0) is 16.1 Å². The number of methoxy groups -OCH3 is 1. The molecule has 0 atom stereocenters. The van der Waals surface area contributed by atoms with Crippen LogP contribution in [0, 0.1) is 0 Å². The highest BCUT2D eigenvalue weighted by atomic mass is 16.5. The summed E-state index contributed by atoms with van der Waals surface area (Å²) < 4.78 is 4.63. The Balaban J connectivity index is 2.29. The molecular formula is C15H22N2O3. The average molecular weight is 278 g/mol. The number of esters is 1. The molecule has 0 aliphatic heterocycles. The van der Waals surface area contributed by atoms with E-state index in [1.54, 1.807) is 12.1 Å². The van der Waals surface area contributed by atoms with E-state index in [4.69, 9.17) is 0 Å². The van der Waals surface area contributed by atoms with Crippen LogP contribution in [0.5, 0.6) is 0 Å². The van der Waals surface area contributed by atoms with E-state index >= 15 is 0 Å². The summed E-state index contributed by atoms with van der Waals surface area (Å²) in [4.78, 5) is 22.7. The van der Waals surface area contributed by atoms with E-state index in [0.717, 1.165) is 5.56 Å². The van der Waals surface area contributed by atoms with Crippen LogP contribution < -0.4 is 10.6 Å². The second-order valence-corrected chi connectivity index (χ2v) is 4.84. The summed E-state index contributed by atoms with van der Waals surface area (Å²) in [6.45, 7) is 5.16. The van der Waals surface area contributed by atoms with Gasteiger partial charge in [0.15, 0.2) is 0 Å². The molecule has 0 spiro atoms. The van der Waals surface area contributed by atoms with Crippen LogP contribution in [0.1, 0.15) is 36.2 Å². The van der Waals surface area contributed by atoms with Gasteiger partial charge in [0.1, 0.15) is 0 Å². The molecule has 110 valence electrons. The monoisotopic (exact) mass is 278 g/mol. The van der Waals surface area contributed by atoms with Crippen molar-refractivity contribution in [3.63, 3.8) is 0 Å². The third kappa shape index (κ3) is 5.84. The molecule has 5 nitrogen and oxygen atoms in total. The standard InChI is InChI=1S/C15H22N2O3/c1-11(2)17-14(18)8-9-16-10-12-4-6-13(7-5-12)15(19)20-3/h4-7,11,16H,8-10H2,1-3H3,(H,17,18). The highest BCUT2D eigenvalue weighted by Crippen LogP contribution is 2.05. The van der Waals surface area contributed by atoms with Crippen molar-refractivity contribution in [2.24, 2.45) is 0 Å². The van der Waals surface area contributed by atoms with Crippen molar-refractivity contribution < 1.29 is 14.3 Å². The summed E-state index contributed by atoms with van der Waals surface area (Å²) >= 11 is 0. The molecule has 0 aliphatic carbocycles. The van der Waals surface area contributed by atoms with Gasteiger partial charge in [0.05, 0.1) is 12.7 Å². The quantitative estimate of drug-likeness (QED) is 0.585. The molecule has 0 bridgehead atoms. The number of carbonyl (C=O) groups is 2. The van der Waals surface area contributed by atoms with Gasteiger partial charge in [-0.05, 0) is 31.5 Å². The molecule has 0 aliphatic rings. The molecule has 1 rings (SSSR count). The molecule has 1 aromatic carbocycles. The first-order chi connectivity index (χ1) is 9.52. The summed E-state index contributed by atoms with van der Waals surface area (Å²) in [6, 6.07) is 7.37. The van der Waals surface area contributed by atoms with E-state index in [9.17, 15) is 9.59 Å². The van der Waals surface area contributed by atoms with Crippen molar-refractivity contribution in [3.8, 4) is 0 Å². The van der Waals surface area contributed by atoms with Gasteiger partial charge in [0.25, 0.3) is 0 Å². The molecule has 20 heavy (non-hydrogen) atoms. The minimum atomic E-state index is -0.338. The molecule has 5 heteroatoms. The lowest BCUT2D eigenvalue weighted by Crippen LogP contribution is -2.32. The lowest BCUT2D eigenvalue weighted by Gasteiger charge is -2.09. The van der Waals surface area contributed by atoms with Gasteiger partial charge in [-0.25, -0.2) is 4.79 Å². The zero-order chi connectivity index (χ0) is 15.0. The van der Waals surface area contributed by atoms with Crippen LogP contribution in [0.15, 0.2) is 24.3 Å². The molecule has 0 saturated heterocycles. The lowest BCUT2D eigenvalue weighted by atomic mass is 10.1. The Labute approximate surface area is 119 Å². The highest BCUT2D eigenvalue weighted by Gasteiger charge is 2.05. The van der Waals surface area contributed by atoms with Crippen LogP contribution in [0.2, 0.25) is 0 Å². The van der Waals surface area contributed by atoms with Gasteiger partial charge >= 0.3 is 5.97 Å². The van der Waals surface area contributed by atoms with E-state index in [2.05, 4.69) is 15.4 Å². The second kappa shape index (κ2) is 8.32. The number of benzene rings is 1. The maximum Gasteiger partial charge on any atom is 0.337 e. The average Bonchev–Trinajstić information content (AvgIpc) is 2.42. The fourth-order valence-corrected chi connectivity index (χ4v) is 1.71. The number of nitrogens with one attached hydrogen (secondary N) is 2. The van der Waals surface area contributed by atoms with E-state index in [1.165, 1.54) is 7.11 Å². The third-order valence-corrected chi connectivity index (χ3v) is 2.68. The summed E-state index contributed by atoms with van der Waals surface area (Å²) in [7, 11) is 1.36. The molecule has 1 aromatic rings. The number of rotatable bonds is 7. The van der Waals surface area contributed by atoms with Gasteiger partial charge in [0.2, 0.25) is 5.91 Å². The van der Waals surface area contributed by atoms with Crippen molar-refractivity contribution in [3.05, 3.63) is 35.4 Å². The largest absolute Gasteiger partial charge is 0.465 e. The summed E-state index contributed by atoms with van der Waals surface area (Å²) in [5, 5.41) is 6.03. The van der Waals surface area contributed by atoms with E-state index < -0.39 is 0 Å². The van der Waals surface area contributed by atoms with Gasteiger partial charge in [-0.2, -0.15) is 0 Å².